The van der Waals surface area contributed by atoms with E-state index in [-0.39, 0.29) is 17.2 Å². The Balaban J connectivity index is 1.91. The largest absolute Gasteiger partial charge is 0.465 e. The molecule has 1 aromatic carbocycles. The first-order chi connectivity index (χ1) is 11.5. The molecule has 1 aromatic heterocycles. The van der Waals surface area contributed by atoms with Crippen LogP contribution in [0.1, 0.15) is 27.4 Å². The number of hydrogen-bond acceptors (Lipinski definition) is 6. The molecule has 7 heteroatoms. The molecule has 122 valence electrons. The van der Waals surface area contributed by atoms with Crippen molar-refractivity contribution in [1.29, 1.82) is 0 Å². The van der Waals surface area contributed by atoms with Crippen molar-refractivity contribution in [3.63, 3.8) is 0 Å². The van der Waals surface area contributed by atoms with E-state index in [2.05, 4.69) is 9.73 Å². The monoisotopic (exact) mass is 345 g/mol. The number of benzene rings is 1. The number of aliphatic imine (C=N–C) groups is 1. The Kier molecular flexibility index (Phi) is 4.22. The number of ether oxygens (including phenoxy) is 2. The lowest BCUT2D eigenvalue weighted by molar-refractivity contribution is -0.129. The molecule has 0 amide bonds. The van der Waals surface area contributed by atoms with Crippen molar-refractivity contribution < 1.29 is 23.5 Å². The molecule has 1 aliphatic heterocycles. The zero-order valence-corrected chi connectivity index (χ0v) is 13.6. The van der Waals surface area contributed by atoms with Gasteiger partial charge < -0.3 is 13.9 Å². The van der Waals surface area contributed by atoms with Crippen molar-refractivity contribution in [3.8, 4) is 0 Å². The molecule has 0 saturated heterocycles. The van der Waals surface area contributed by atoms with Gasteiger partial charge in [-0.25, -0.2) is 14.6 Å². The standard InChI is InChI=1S/C17H12ClNO5/c1-9-13(16(20)22-2)7-12(23-9)8-14-17(21)24-15(19-14)10-3-5-11(18)6-4-10/h3-8H,1-2H3/b14-8+. The number of hydrogen-bond donors (Lipinski definition) is 0. The maximum atomic E-state index is 11.9. The van der Waals surface area contributed by atoms with Crippen LogP contribution in [-0.4, -0.2) is 24.9 Å². The van der Waals surface area contributed by atoms with Crippen molar-refractivity contribution in [3.05, 3.63) is 63.7 Å². The fourth-order valence-electron chi connectivity index (χ4n) is 2.15. The van der Waals surface area contributed by atoms with Gasteiger partial charge >= 0.3 is 11.9 Å². The van der Waals surface area contributed by atoms with Crippen LogP contribution in [0.15, 0.2) is 45.4 Å². The number of carbonyl (C=O) groups is 2. The van der Waals surface area contributed by atoms with Crippen molar-refractivity contribution in [2.75, 3.05) is 7.11 Å². The molecule has 0 radical (unpaired) electrons. The fourth-order valence-corrected chi connectivity index (χ4v) is 2.27. The summed E-state index contributed by atoms with van der Waals surface area (Å²) >= 11 is 5.83. The number of carbonyl (C=O) groups excluding carboxylic acids is 2. The topological polar surface area (TPSA) is 78.1 Å². The Morgan fingerprint density at radius 3 is 2.67 bits per heavy atom. The van der Waals surface area contributed by atoms with Gasteiger partial charge in [0.15, 0.2) is 5.70 Å². The molecule has 0 unspecified atom stereocenters. The lowest BCUT2D eigenvalue weighted by Gasteiger charge is -1.98. The molecule has 0 bridgehead atoms. The summed E-state index contributed by atoms with van der Waals surface area (Å²) in [5.74, 6) is -0.240. The minimum absolute atomic E-state index is 0.0742. The summed E-state index contributed by atoms with van der Waals surface area (Å²) in [6, 6.07) is 8.23. The Morgan fingerprint density at radius 2 is 2.00 bits per heavy atom. The molecule has 0 saturated carbocycles. The van der Waals surface area contributed by atoms with Gasteiger partial charge in [-0.15, -0.1) is 0 Å². The van der Waals surface area contributed by atoms with E-state index in [0.29, 0.717) is 22.1 Å². The van der Waals surface area contributed by atoms with Gasteiger partial charge in [0.1, 0.15) is 17.1 Å². The van der Waals surface area contributed by atoms with E-state index in [9.17, 15) is 9.59 Å². The van der Waals surface area contributed by atoms with Crippen molar-refractivity contribution in [2.45, 2.75) is 6.92 Å². The molecule has 2 aromatic rings. The summed E-state index contributed by atoms with van der Waals surface area (Å²) in [7, 11) is 1.28. The predicted molar refractivity (Wildman–Crippen MR) is 86.8 cm³/mol. The Bertz CT molecular complexity index is 877. The summed E-state index contributed by atoms with van der Waals surface area (Å²) in [6.45, 7) is 1.63. The summed E-state index contributed by atoms with van der Waals surface area (Å²) in [6.07, 6.45) is 1.41. The smallest absolute Gasteiger partial charge is 0.363 e. The molecule has 0 spiro atoms. The van der Waals surface area contributed by atoms with Crippen LogP contribution in [0.2, 0.25) is 5.02 Å². The Labute approximate surface area is 142 Å². The number of halogens is 1. The van der Waals surface area contributed by atoms with Gasteiger partial charge in [-0.3, -0.25) is 0 Å². The van der Waals surface area contributed by atoms with Crippen LogP contribution >= 0.6 is 11.6 Å². The Hall–Kier alpha value is -2.86. The number of rotatable bonds is 3. The number of esters is 2. The summed E-state index contributed by atoms with van der Waals surface area (Å²) in [5.41, 5.74) is 0.991. The highest BCUT2D eigenvalue weighted by Crippen LogP contribution is 2.23. The van der Waals surface area contributed by atoms with Gasteiger partial charge in [0, 0.05) is 16.7 Å². The average molecular weight is 346 g/mol. The first kappa shape index (κ1) is 16.0. The van der Waals surface area contributed by atoms with E-state index in [1.165, 1.54) is 19.3 Å². The third-order valence-electron chi connectivity index (χ3n) is 3.33. The number of methoxy groups -OCH3 is 1. The minimum Gasteiger partial charge on any atom is -0.465 e. The van der Waals surface area contributed by atoms with E-state index in [0.717, 1.165) is 0 Å². The van der Waals surface area contributed by atoms with E-state index < -0.39 is 11.9 Å². The molecule has 0 atom stereocenters. The third-order valence-corrected chi connectivity index (χ3v) is 3.58. The van der Waals surface area contributed by atoms with E-state index >= 15 is 0 Å². The molecule has 0 N–H and O–H groups in total. The molecule has 1 aliphatic rings. The van der Waals surface area contributed by atoms with Crippen LogP contribution < -0.4 is 0 Å². The van der Waals surface area contributed by atoms with Gasteiger partial charge in [0.2, 0.25) is 5.90 Å². The zero-order chi connectivity index (χ0) is 17.3. The highest BCUT2D eigenvalue weighted by Gasteiger charge is 2.25. The number of nitrogens with zero attached hydrogens (tertiary/aromatic N) is 1. The zero-order valence-electron chi connectivity index (χ0n) is 12.8. The van der Waals surface area contributed by atoms with Crippen LogP contribution in [0.3, 0.4) is 0 Å². The maximum absolute atomic E-state index is 11.9. The summed E-state index contributed by atoms with van der Waals surface area (Å²) < 4.78 is 15.2. The number of furan rings is 1. The van der Waals surface area contributed by atoms with Crippen molar-refractivity contribution >= 4 is 35.5 Å². The molecule has 0 aliphatic carbocycles. The SMILES string of the molecule is COC(=O)c1cc(/C=C2/N=C(c3ccc(Cl)cc3)OC2=O)oc1C. The first-order valence-electron chi connectivity index (χ1n) is 6.95. The predicted octanol–water partition coefficient (Wildman–Crippen LogP) is 3.37. The minimum atomic E-state index is -0.603. The van der Waals surface area contributed by atoms with Gasteiger partial charge in [-0.1, -0.05) is 11.6 Å². The second-order valence-electron chi connectivity index (χ2n) is 4.95. The number of cyclic esters (lactones) is 1. The highest BCUT2D eigenvalue weighted by atomic mass is 35.5. The van der Waals surface area contributed by atoms with Gasteiger partial charge in [0.05, 0.1) is 7.11 Å². The van der Waals surface area contributed by atoms with Gasteiger partial charge in [-0.2, -0.15) is 0 Å². The molecule has 3 rings (SSSR count). The lowest BCUT2D eigenvalue weighted by Crippen LogP contribution is -2.05. The van der Waals surface area contributed by atoms with Gasteiger partial charge in [0.25, 0.3) is 0 Å². The second-order valence-corrected chi connectivity index (χ2v) is 5.39. The van der Waals surface area contributed by atoms with Gasteiger partial charge in [-0.05, 0) is 37.3 Å². The average Bonchev–Trinajstić information content (AvgIpc) is 3.11. The van der Waals surface area contributed by atoms with Crippen LogP contribution in [0, 0.1) is 6.92 Å². The Morgan fingerprint density at radius 1 is 1.29 bits per heavy atom. The summed E-state index contributed by atoms with van der Waals surface area (Å²) in [5, 5.41) is 0.570. The lowest BCUT2D eigenvalue weighted by atomic mass is 10.2. The molecule has 6 nitrogen and oxygen atoms in total. The molecule has 0 fully saturated rings. The maximum Gasteiger partial charge on any atom is 0.363 e. The van der Waals surface area contributed by atoms with Crippen LogP contribution in [-0.2, 0) is 14.3 Å². The van der Waals surface area contributed by atoms with Crippen LogP contribution in [0.5, 0.6) is 0 Å². The molecular formula is C17H12ClNO5. The fraction of sp³-hybridized carbons (Fsp3) is 0.118. The van der Waals surface area contributed by atoms with E-state index in [4.69, 9.17) is 20.8 Å². The highest BCUT2D eigenvalue weighted by molar-refractivity contribution is 6.30. The third kappa shape index (κ3) is 3.09. The molecular weight excluding hydrogens is 334 g/mol. The van der Waals surface area contributed by atoms with E-state index in [1.807, 2.05) is 0 Å². The number of aryl methyl sites for hydroxylation is 1. The summed E-state index contributed by atoms with van der Waals surface area (Å²) in [4.78, 5) is 27.7. The molecule has 2 heterocycles. The quantitative estimate of drug-likeness (QED) is 0.629. The normalized spacial score (nSPS) is 15.4. The van der Waals surface area contributed by atoms with Crippen LogP contribution in [0.4, 0.5) is 0 Å². The van der Waals surface area contributed by atoms with Crippen LogP contribution in [0.25, 0.3) is 6.08 Å². The van der Waals surface area contributed by atoms with Crippen molar-refractivity contribution in [1.82, 2.24) is 0 Å². The van der Waals surface area contributed by atoms with E-state index in [1.54, 1.807) is 31.2 Å². The first-order valence-corrected chi connectivity index (χ1v) is 7.33. The molecule has 24 heavy (non-hydrogen) atoms. The van der Waals surface area contributed by atoms with Crippen molar-refractivity contribution in [2.24, 2.45) is 4.99 Å². The second kappa shape index (κ2) is 6.33.